The second-order valence-electron chi connectivity index (χ2n) is 3.29. The minimum Gasteiger partial charge on any atom is -0.465 e. The van der Waals surface area contributed by atoms with Crippen molar-refractivity contribution in [3.05, 3.63) is 35.4 Å². The zero-order valence-corrected chi connectivity index (χ0v) is 8.45. The van der Waals surface area contributed by atoms with Crippen LogP contribution in [0.1, 0.15) is 11.1 Å². The molecule has 0 unspecified atom stereocenters. The van der Waals surface area contributed by atoms with Gasteiger partial charge in [0, 0.05) is 13.6 Å². The normalized spacial score (nSPS) is 11.2. The maximum absolute atomic E-state index is 12.5. The molecule has 1 aromatic rings. The van der Waals surface area contributed by atoms with E-state index in [1.54, 1.807) is 0 Å². The molecule has 0 bridgehead atoms. The van der Waals surface area contributed by atoms with Crippen molar-refractivity contribution in [1.82, 2.24) is 4.90 Å². The van der Waals surface area contributed by atoms with Crippen LogP contribution in [0.2, 0.25) is 0 Å². The van der Waals surface area contributed by atoms with Crippen LogP contribution in [-0.2, 0) is 12.7 Å². The summed E-state index contributed by atoms with van der Waals surface area (Å²) in [5.74, 6) is 0. The SMILES string of the molecule is CN(Cc1ccccc1C(F)(F)F)C(=O)O. The van der Waals surface area contributed by atoms with Gasteiger partial charge >= 0.3 is 12.3 Å². The number of alkyl halides is 3. The highest BCUT2D eigenvalue weighted by atomic mass is 19.4. The van der Waals surface area contributed by atoms with E-state index >= 15 is 0 Å². The number of benzene rings is 1. The monoisotopic (exact) mass is 233 g/mol. The summed E-state index contributed by atoms with van der Waals surface area (Å²) < 4.78 is 37.6. The molecule has 0 aliphatic carbocycles. The quantitative estimate of drug-likeness (QED) is 0.853. The van der Waals surface area contributed by atoms with Crippen LogP contribution in [0.4, 0.5) is 18.0 Å². The third-order valence-electron chi connectivity index (χ3n) is 2.06. The van der Waals surface area contributed by atoms with Crippen LogP contribution < -0.4 is 0 Å². The van der Waals surface area contributed by atoms with Gasteiger partial charge in [0.25, 0.3) is 0 Å². The van der Waals surface area contributed by atoms with Crippen LogP contribution in [0.15, 0.2) is 24.3 Å². The molecule has 1 amide bonds. The summed E-state index contributed by atoms with van der Waals surface area (Å²) in [6.07, 6.45) is -5.73. The van der Waals surface area contributed by atoms with Gasteiger partial charge in [-0.1, -0.05) is 18.2 Å². The Labute approximate surface area is 90.1 Å². The lowest BCUT2D eigenvalue weighted by molar-refractivity contribution is -0.138. The first-order chi connectivity index (χ1) is 7.32. The fourth-order valence-corrected chi connectivity index (χ4v) is 1.26. The maximum Gasteiger partial charge on any atom is 0.416 e. The Hall–Kier alpha value is -1.72. The Morgan fingerprint density at radius 3 is 2.44 bits per heavy atom. The summed E-state index contributed by atoms with van der Waals surface area (Å²) in [6.45, 7) is -0.287. The van der Waals surface area contributed by atoms with Gasteiger partial charge in [0.1, 0.15) is 0 Å². The summed E-state index contributed by atoms with van der Waals surface area (Å²) >= 11 is 0. The van der Waals surface area contributed by atoms with Gasteiger partial charge in [-0.3, -0.25) is 0 Å². The Kier molecular flexibility index (Phi) is 3.41. The lowest BCUT2D eigenvalue weighted by atomic mass is 10.1. The number of hydrogen-bond donors (Lipinski definition) is 1. The molecule has 0 radical (unpaired) electrons. The highest BCUT2D eigenvalue weighted by Gasteiger charge is 2.33. The minimum absolute atomic E-state index is 0.0556. The van der Waals surface area contributed by atoms with Gasteiger partial charge in [-0.05, 0) is 11.6 Å². The van der Waals surface area contributed by atoms with Gasteiger partial charge in [-0.25, -0.2) is 4.79 Å². The first kappa shape index (κ1) is 12.4. The van der Waals surface area contributed by atoms with Gasteiger partial charge in [0.2, 0.25) is 0 Å². The van der Waals surface area contributed by atoms with Gasteiger partial charge in [0.05, 0.1) is 5.56 Å². The Bertz CT molecular complexity index is 390. The van der Waals surface area contributed by atoms with E-state index in [0.29, 0.717) is 0 Å². The summed E-state index contributed by atoms with van der Waals surface area (Å²) in [7, 11) is 1.22. The van der Waals surface area contributed by atoms with Crippen LogP contribution in [0.25, 0.3) is 0 Å². The number of carboxylic acid groups (broad SMARTS) is 1. The maximum atomic E-state index is 12.5. The highest BCUT2D eigenvalue weighted by molar-refractivity contribution is 5.64. The molecule has 6 heteroatoms. The molecule has 0 aliphatic rings. The summed E-state index contributed by atoms with van der Waals surface area (Å²) in [4.78, 5) is 11.3. The average Bonchev–Trinajstić information content (AvgIpc) is 2.16. The van der Waals surface area contributed by atoms with Gasteiger partial charge < -0.3 is 10.0 Å². The summed E-state index contributed by atoms with van der Waals surface area (Å²) in [6, 6.07) is 4.92. The lowest BCUT2D eigenvalue weighted by Crippen LogP contribution is -2.25. The van der Waals surface area contributed by atoms with Crippen LogP contribution in [0.5, 0.6) is 0 Å². The van der Waals surface area contributed by atoms with Crippen molar-refractivity contribution in [2.75, 3.05) is 7.05 Å². The summed E-state index contributed by atoms with van der Waals surface area (Å²) in [5, 5.41) is 8.58. The standard InChI is InChI=1S/C10H10F3NO2/c1-14(9(15)16)6-7-4-2-3-5-8(7)10(11,12)13/h2-5H,6H2,1H3,(H,15,16). The predicted octanol–water partition coefficient (Wildman–Crippen LogP) is 2.82. The second kappa shape index (κ2) is 4.42. The Balaban J connectivity index is 3.01. The van der Waals surface area contributed by atoms with E-state index in [1.807, 2.05) is 0 Å². The van der Waals surface area contributed by atoms with Gasteiger partial charge in [-0.2, -0.15) is 13.2 Å². The lowest BCUT2D eigenvalue weighted by Gasteiger charge is -2.17. The number of halogens is 3. The number of rotatable bonds is 2. The molecular weight excluding hydrogens is 223 g/mol. The molecule has 1 aromatic carbocycles. The van der Waals surface area contributed by atoms with Gasteiger partial charge in [-0.15, -0.1) is 0 Å². The van der Waals surface area contributed by atoms with Crippen molar-refractivity contribution in [1.29, 1.82) is 0 Å². The van der Waals surface area contributed by atoms with Crippen molar-refractivity contribution in [2.24, 2.45) is 0 Å². The van der Waals surface area contributed by atoms with E-state index in [1.165, 1.54) is 25.2 Å². The first-order valence-electron chi connectivity index (χ1n) is 4.41. The predicted molar refractivity (Wildman–Crippen MR) is 50.9 cm³/mol. The third kappa shape index (κ3) is 2.88. The molecule has 0 heterocycles. The van der Waals surface area contributed by atoms with E-state index in [2.05, 4.69) is 0 Å². The molecule has 16 heavy (non-hydrogen) atoms. The van der Waals surface area contributed by atoms with Crippen molar-refractivity contribution in [3.8, 4) is 0 Å². The fraction of sp³-hybridized carbons (Fsp3) is 0.300. The molecular formula is C10H10F3NO2. The van der Waals surface area contributed by atoms with E-state index < -0.39 is 17.8 Å². The molecule has 88 valence electrons. The molecule has 3 nitrogen and oxygen atoms in total. The molecule has 1 N–H and O–H groups in total. The Morgan fingerprint density at radius 2 is 1.94 bits per heavy atom. The number of amides is 1. The number of carbonyl (C=O) groups is 1. The molecule has 0 aromatic heterocycles. The first-order valence-corrected chi connectivity index (χ1v) is 4.41. The second-order valence-corrected chi connectivity index (χ2v) is 3.29. The zero-order valence-electron chi connectivity index (χ0n) is 8.45. The molecule has 0 spiro atoms. The topological polar surface area (TPSA) is 40.5 Å². The number of nitrogens with zero attached hydrogens (tertiary/aromatic N) is 1. The zero-order chi connectivity index (χ0) is 12.3. The van der Waals surface area contributed by atoms with Crippen molar-refractivity contribution >= 4 is 6.09 Å². The molecule has 0 atom stereocenters. The Morgan fingerprint density at radius 1 is 1.38 bits per heavy atom. The van der Waals surface area contributed by atoms with Gasteiger partial charge in [0.15, 0.2) is 0 Å². The average molecular weight is 233 g/mol. The van der Waals surface area contributed by atoms with Crippen molar-refractivity contribution in [3.63, 3.8) is 0 Å². The van der Waals surface area contributed by atoms with E-state index in [0.717, 1.165) is 11.0 Å². The molecule has 0 aliphatic heterocycles. The van der Waals surface area contributed by atoms with Crippen LogP contribution >= 0.6 is 0 Å². The smallest absolute Gasteiger partial charge is 0.416 e. The van der Waals surface area contributed by atoms with Crippen LogP contribution in [0.3, 0.4) is 0 Å². The largest absolute Gasteiger partial charge is 0.465 e. The third-order valence-corrected chi connectivity index (χ3v) is 2.06. The van der Waals surface area contributed by atoms with E-state index in [-0.39, 0.29) is 12.1 Å². The molecule has 0 saturated carbocycles. The van der Waals surface area contributed by atoms with Crippen molar-refractivity contribution in [2.45, 2.75) is 12.7 Å². The van der Waals surface area contributed by atoms with Crippen molar-refractivity contribution < 1.29 is 23.1 Å². The van der Waals surface area contributed by atoms with E-state index in [4.69, 9.17) is 5.11 Å². The molecule has 1 rings (SSSR count). The molecule has 0 saturated heterocycles. The minimum atomic E-state index is -4.46. The molecule has 0 fully saturated rings. The van der Waals surface area contributed by atoms with E-state index in [9.17, 15) is 18.0 Å². The van der Waals surface area contributed by atoms with Crippen LogP contribution in [0, 0.1) is 0 Å². The summed E-state index contributed by atoms with van der Waals surface area (Å²) in [5.41, 5.74) is -0.858. The highest BCUT2D eigenvalue weighted by Crippen LogP contribution is 2.32. The fourth-order valence-electron chi connectivity index (χ4n) is 1.26. The van der Waals surface area contributed by atoms with Crippen LogP contribution in [-0.4, -0.2) is 23.1 Å². The number of hydrogen-bond acceptors (Lipinski definition) is 1.